The third-order valence-electron chi connectivity index (χ3n) is 2.81. The number of phenols is 2. The fourth-order valence-electron chi connectivity index (χ4n) is 1.90. The van der Waals surface area contributed by atoms with E-state index in [0.717, 1.165) is 0 Å². The maximum atomic E-state index is 9.75. The Bertz CT molecular complexity index is 364. The lowest BCUT2D eigenvalue weighted by molar-refractivity contribution is 0.143. The highest BCUT2D eigenvalue weighted by molar-refractivity contribution is 5.40. The van der Waals surface area contributed by atoms with Crippen molar-refractivity contribution in [3.63, 3.8) is 0 Å². The Labute approximate surface area is 107 Å². The van der Waals surface area contributed by atoms with E-state index in [2.05, 4.69) is 5.32 Å². The molecule has 0 aromatic heterocycles. The van der Waals surface area contributed by atoms with Crippen LogP contribution in [0.25, 0.3) is 0 Å². The number of ether oxygens (including phenoxy) is 1. The van der Waals surface area contributed by atoms with Crippen molar-refractivity contribution in [2.45, 2.75) is 25.4 Å². The van der Waals surface area contributed by atoms with E-state index in [1.165, 1.54) is 18.2 Å². The molecule has 0 saturated carbocycles. The molecule has 0 fully saturated rings. The molecule has 5 heteroatoms. The van der Waals surface area contributed by atoms with Crippen LogP contribution in [0.5, 0.6) is 11.5 Å². The standard InChI is InChI=1S/C13H21NO4/c1-9(14-10(5-6-15)8-18-2)12-7-11(16)3-4-13(12)17/h3-4,7,9-10,14-17H,5-6,8H2,1-2H3. The van der Waals surface area contributed by atoms with Crippen LogP contribution in [0, 0.1) is 0 Å². The van der Waals surface area contributed by atoms with Gasteiger partial charge in [-0.1, -0.05) is 0 Å². The van der Waals surface area contributed by atoms with Crippen LogP contribution in [0.2, 0.25) is 0 Å². The first-order chi connectivity index (χ1) is 8.58. The summed E-state index contributed by atoms with van der Waals surface area (Å²) in [7, 11) is 1.60. The first kappa shape index (κ1) is 14.8. The molecule has 0 aliphatic heterocycles. The number of methoxy groups -OCH3 is 1. The number of hydrogen-bond donors (Lipinski definition) is 4. The zero-order chi connectivity index (χ0) is 13.5. The van der Waals surface area contributed by atoms with Crippen LogP contribution in [0.4, 0.5) is 0 Å². The molecule has 1 aromatic carbocycles. The van der Waals surface area contributed by atoms with E-state index in [-0.39, 0.29) is 30.2 Å². The topological polar surface area (TPSA) is 82.0 Å². The molecule has 18 heavy (non-hydrogen) atoms. The third-order valence-corrected chi connectivity index (χ3v) is 2.81. The largest absolute Gasteiger partial charge is 0.508 e. The van der Waals surface area contributed by atoms with Gasteiger partial charge in [-0.05, 0) is 31.5 Å². The van der Waals surface area contributed by atoms with Crippen LogP contribution in [0.15, 0.2) is 18.2 Å². The van der Waals surface area contributed by atoms with Crippen LogP contribution >= 0.6 is 0 Å². The van der Waals surface area contributed by atoms with Crippen LogP contribution in [0.3, 0.4) is 0 Å². The van der Waals surface area contributed by atoms with Gasteiger partial charge in [0, 0.05) is 31.4 Å². The van der Waals surface area contributed by atoms with Gasteiger partial charge in [0.1, 0.15) is 11.5 Å². The van der Waals surface area contributed by atoms with Crippen molar-refractivity contribution in [2.24, 2.45) is 0 Å². The Morgan fingerprint density at radius 2 is 2.06 bits per heavy atom. The van der Waals surface area contributed by atoms with Gasteiger partial charge in [-0.15, -0.1) is 0 Å². The lowest BCUT2D eigenvalue weighted by Crippen LogP contribution is -2.36. The maximum absolute atomic E-state index is 9.75. The Hall–Kier alpha value is -1.30. The highest BCUT2D eigenvalue weighted by Crippen LogP contribution is 2.28. The van der Waals surface area contributed by atoms with Crippen LogP contribution in [-0.4, -0.2) is 41.7 Å². The molecule has 0 aliphatic rings. The molecule has 0 spiro atoms. The van der Waals surface area contributed by atoms with Gasteiger partial charge in [-0.3, -0.25) is 0 Å². The van der Waals surface area contributed by atoms with Gasteiger partial charge in [-0.2, -0.15) is 0 Å². The predicted octanol–water partition coefficient (Wildman–Crippen LogP) is 1.15. The number of aliphatic hydroxyl groups excluding tert-OH is 1. The average molecular weight is 255 g/mol. The molecular weight excluding hydrogens is 234 g/mol. The van der Waals surface area contributed by atoms with E-state index < -0.39 is 0 Å². The van der Waals surface area contributed by atoms with Gasteiger partial charge in [-0.25, -0.2) is 0 Å². The molecule has 0 saturated heterocycles. The number of phenolic OH excluding ortho intramolecular Hbond substituents is 2. The number of nitrogens with one attached hydrogen (secondary N) is 1. The Kier molecular flexibility index (Phi) is 5.91. The van der Waals surface area contributed by atoms with E-state index in [9.17, 15) is 10.2 Å². The molecule has 1 rings (SSSR count). The molecule has 0 aliphatic carbocycles. The smallest absolute Gasteiger partial charge is 0.120 e. The van der Waals surface area contributed by atoms with Crippen molar-refractivity contribution in [2.75, 3.05) is 20.3 Å². The lowest BCUT2D eigenvalue weighted by Gasteiger charge is -2.23. The highest BCUT2D eigenvalue weighted by atomic mass is 16.5. The van der Waals surface area contributed by atoms with Crippen molar-refractivity contribution < 1.29 is 20.1 Å². The summed E-state index contributed by atoms with van der Waals surface area (Å²) in [4.78, 5) is 0. The SMILES string of the molecule is COCC(CCO)NC(C)c1cc(O)ccc1O. The second kappa shape index (κ2) is 7.20. The number of rotatable bonds is 7. The predicted molar refractivity (Wildman–Crippen MR) is 68.7 cm³/mol. The summed E-state index contributed by atoms with van der Waals surface area (Å²) in [5, 5.41) is 31.4. The minimum Gasteiger partial charge on any atom is -0.508 e. The van der Waals surface area contributed by atoms with E-state index in [1.54, 1.807) is 7.11 Å². The van der Waals surface area contributed by atoms with Crippen molar-refractivity contribution in [1.82, 2.24) is 5.32 Å². The molecule has 2 atom stereocenters. The summed E-state index contributed by atoms with van der Waals surface area (Å²) in [5.41, 5.74) is 0.619. The normalized spacial score (nSPS) is 14.4. The van der Waals surface area contributed by atoms with Crippen LogP contribution < -0.4 is 5.32 Å². The fourth-order valence-corrected chi connectivity index (χ4v) is 1.90. The first-order valence-corrected chi connectivity index (χ1v) is 5.96. The molecule has 0 radical (unpaired) electrons. The summed E-state index contributed by atoms with van der Waals surface area (Å²) < 4.78 is 5.06. The second-order valence-corrected chi connectivity index (χ2v) is 4.30. The molecule has 4 N–H and O–H groups in total. The van der Waals surface area contributed by atoms with Crippen LogP contribution in [-0.2, 0) is 4.74 Å². The summed E-state index contributed by atoms with van der Waals surface area (Å²) in [6.45, 7) is 2.43. The van der Waals surface area contributed by atoms with Crippen LogP contribution in [0.1, 0.15) is 24.9 Å². The van der Waals surface area contributed by atoms with Gasteiger partial charge in [0.2, 0.25) is 0 Å². The first-order valence-electron chi connectivity index (χ1n) is 5.96. The Morgan fingerprint density at radius 3 is 2.67 bits per heavy atom. The number of aromatic hydroxyl groups is 2. The van der Waals surface area contributed by atoms with Gasteiger partial charge in [0.05, 0.1) is 6.61 Å². The van der Waals surface area contributed by atoms with Gasteiger partial charge >= 0.3 is 0 Å². The maximum Gasteiger partial charge on any atom is 0.120 e. The molecule has 1 aromatic rings. The zero-order valence-electron chi connectivity index (χ0n) is 10.8. The monoisotopic (exact) mass is 255 g/mol. The second-order valence-electron chi connectivity index (χ2n) is 4.30. The van der Waals surface area contributed by atoms with E-state index >= 15 is 0 Å². The van der Waals surface area contributed by atoms with Crippen molar-refractivity contribution >= 4 is 0 Å². The molecular formula is C13H21NO4. The minimum atomic E-state index is -0.149. The Balaban J connectivity index is 2.73. The van der Waals surface area contributed by atoms with Crippen molar-refractivity contribution in [3.05, 3.63) is 23.8 Å². The molecule has 2 unspecified atom stereocenters. The van der Waals surface area contributed by atoms with Gasteiger partial charge < -0.3 is 25.4 Å². The summed E-state index contributed by atoms with van der Waals surface area (Å²) in [5.74, 6) is 0.245. The van der Waals surface area contributed by atoms with Crippen molar-refractivity contribution in [1.29, 1.82) is 0 Å². The lowest BCUT2D eigenvalue weighted by atomic mass is 10.1. The van der Waals surface area contributed by atoms with E-state index in [4.69, 9.17) is 9.84 Å². The molecule has 0 amide bonds. The summed E-state index contributed by atoms with van der Waals surface area (Å²) >= 11 is 0. The Morgan fingerprint density at radius 1 is 1.33 bits per heavy atom. The quantitative estimate of drug-likeness (QED) is 0.549. The minimum absolute atomic E-state index is 0.00301. The fraction of sp³-hybridized carbons (Fsp3) is 0.538. The molecule has 0 heterocycles. The summed E-state index contributed by atoms with van der Waals surface area (Å²) in [6.07, 6.45) is 0.567. The number of aliphatic hydroxyl groups is 1. The molecule has 102 valence electrons. The molecule has 0 bridgehead atoms. The van der Waals surface area contributed by atoms with E-state index in [0.29, 0.717) is 18.6 Å². The van der Waals surface area contributed by atoms with Gasteiger partial charge in [0.25, 0.3) is 0 Å². The average Bonchev–Trinajstić information content (AvgIpc) is 2.33. The number of hydrogen-bond acceptors (Lipinski definition) is 5. The van der Waals surface area contributed by atoms with Gasteiger partial charge in [0.15, 0.2) is 0 Å². The highest BCUT2D eigenvalue weighted by Gasteiger charge is 2.16. The summed E-state index contributed by atoms with van der Waals surface area (Å²) in [6, 6.07) is 4.27. The molecule has 5 nitrogen and oxygen atoms in total. The third kappa shape index (κ3) is 4.18. The van der Waals surface area contributed by atoms with E-state index in [1.807, 2.05) is 6.92 Å². The zero-order valence-corrected chi connectivity index (χ0v) is 10.8. The van der Waals surface area contributed by atoms with Crippen molar-refractivity contribution in [3.8, 4) is 11.5 Å². The number of benzene rings is 1.